The maximum atomic E-state index is 12.8. The van der Waals surface area contributed by atoms with Gasteiger partial charge in [-0.05, 0) is 36.9 Å². The van der Waals surface area contributed by atoms with Gasteiger partial charge in [0.1, 0.15) is 11.7 Å². The van der Waals surface area contributed by atoms with Crippen molar-refractivity contribution >= 4 is 23.3 Å². The van der Waals surface area contributed by atoms with Gasteiger partial charge in [-0.15, -0.1) is 0 Å². The molecule has 4 rings (SSSR count). The number of nitrogens with one attached hydrogen (secondary N) is 1. The van der Waals surface area contributed by atoms with E-state index in [-0.39, 0.29) is 11.8 Å². The number of aromatic nitrogens is 1. The summed E-state index contributed by atoms with van der Waals surface area (Å²) in [6, 6.07) is 9.93. The highest BCUT2D eigenvalue weighted by Crippen LogP contribution is 2.33. The zero-order chi connectivity index (χ0) is 19.0. The van der Waals surface area contributed by atoms with Crippen LogP contribution in [0.2, 0.25) is 0 Å². The summed E-state index contributed by atoms with van der Waals surface area (Å²) in [4.78, 5) is 33.9. The molecule has 3 N–H and O–H groups in total. The Balaban J connectivity index is 1.59. The van der Waals surface area contributed by atoms with E-state index < -0.39 is 6.04 Å². The molecule has 1 fully saturated rings. The van der Waals surface area contributed by atoms with E-state index in [1.165, 1.54) is 0 Å². The van der Waals surface area contributed by atoms with Gasteiger partial charge >= 0.3 is 0 Å². The molecule has 3 heterocycles. The summed E-state index contributed by atoms with van der Waals surface area (Å²) in [6.07, 6.45) is 1.64. The predicted molar refractivity (Wildman–Crippen MR) is 102 cm³/mol. The number of hydrazine groups is 1. The molecule has 0 saturated carbocycles. The molecule has 1 unspecified atom stereocenters. The molecule has 140 valence electrons. The molecule has 1 saturated heterocycles. The maximum Gasteiger partial charge on any atom is 0.268 e. The van der Waals surface area contributed by atoms with Gasteiger partial charge in [0, 0.05) is 37.9 Å². The van der Waals surface area contributed by atoms with Crippen molar-refractivity contribution in [2.24, 2.45) is 5.84 Å². The maximum absolute atomic E-state index is 12.8. The standard InChI is InChI=1S/C19H22N6O2/c1-23-8-10-24(11-9-23)18(26)14-5-2-4-13(12-14)16-19(27)25(20)15-6-3-7-21-17(15)22-16/h2-7,12,16H,8-11,20H2,1H3,(H,21,22). The second kappa shape index (κ2) is 6.98. The van der Waals surface area contributed by atoms with Gasteiger partial charge in [0.2, 0.25) is 0 Å². The van der Waals surface area contributed by atoms with E-state index in [1.807, 2.05) is 18.0 Å². The van der Waals surface area contributed by atoms with E-state index in [1.54, 1.807) is 36.5 Å². The van der Waals surface area contributed by atoms with E-state index in [0.717, 1.165) is 18.1 Å². The van der Waals surface area contributed by atoms with E-state index in [4.69, 9.17) is 5.84 Å². The molecule has 8 nitrogen and oxygen atoms in total. The Labute approximate surface area is 157 Å². The second-order valence-electron chi connectivity index (χ2n) is 6.88. The highest BCUT2D eigenvalue weighted by atomic mass is 16.2. The Hall–Kier alpha value is -2.97. The van der Waals surface area contributed by atoms with Crippen molar-refractivity contribution in [1.82, 2.24) is 14.8 Å². The third kappa shape index (κ3) is 3.24. The molecule has 2 aliphatic heterocycles. The van der Waals surface area contributed by atoms with Crippen molar-refractivity contribution in [3.05, 3.63) is 53.7 Å². The number of anilines is 2. The van der Waals surface area contributed by atoms with Gasteiger partial charge in [-0.2, -0.15) is 0 Å². The van der Waals surface area contributed by atoms with Crippen LogP contribution in [0.3, 0.4) is 0 Å². The topological polar surface area (TPSA) is 94.8 Å². The minimum absolute atomic E-state index is 0.0173. The van der Waals surface area contributed by atoms with Gasteiger partial charge in [0.15, 0.2) is 5.82 Å². The van der Waals surface area contributed by atoms with Crippen LogP contribution >= 0.6 is 0 Å². The first-order valence-corrected chi connectivity index (χ1v) is 8.92. The fourth-order valence-electron chi connectivity index (χ4n) is 3.43. The molecule has 0 radical (unpaired) electrons. The number of piperazine rings is 1. The molecule has 2 aromatic rings. The summed E-state index contributed by atoms with van der Waals surface area (Å²) in [5.41, 5.74) is 1.79. The third-order valence-corrected chi connectivity index (χ3v) is 5.07. The fraction of sp³-hybridized carbons (Fsp3) is 0.316. The number of carbonyl (C=O) groups excluding carboxylic acids is 2. The van der Waals surface area contributed by atoms with E-state index in [0.29, 0.717) is 35.7 Å². The highest BCUT2D eigenvalue weighted by molar-refractivity contribution is 6.04. The summed E-state index contributed by atoms with van der Waals surface area (Å²) in [5, 5.41) is 4.24. The van der Waals surface area contributed by atoms with Crippen LogP contribution in [-0.4, -0.2) is 59.8 Å². The molecule has 0 bridgehead atoms. The lowest BCUT2D eigenvalue weighted by molar-refractivity contribution is -0.119. The number of fused-ring (bicyclic) bond motifs is 1. The molecule has 1 aromatic carbocycles. The number of nitrogens with zero attached hydrogens (tertiary/aromatic N) is 4. The van der Waals surface area contributed by atoms with Gasteiger partial charge in [0.25, 0.3) is 11.8 Å². The van der Waals surface area contributed by atoms with Crippen LogP contribution in [0.4, 0.5) is 11.5 Å². The number of rotatable bonds is 2. The fourth-order valence-corrected chi connectivity index (χ4v) is 3.43. The minimum Gasteiger partial charge on any atom is -0.353 e. The van der Waals surface area contributed by atoms with Crippen LogP contribution in [-0.2, 0) is 4.79 Å². The van der Waals surface area contributed by atoms with Gasteiger partial charge < -0.3 is 15.1 Å². The summed E-state index contributed by atoms with van der Waals surface area (Å²) >= 11 is 0. The minimum atomic E-state index is -0.683. The van der Waals surface area contributed by atoms with Crippen molar-refractivity contribution in [2.75, 3.05) is 43.6 Å². The predicted octanol–water partition coefficient (Wildman–Crippen LogP) is 0.843. The van der Waals surface area contributed by atoms with Gasteiger partial charge in [-0.3, -0.25) is 9.59 Å². The Morgan fingerprint density at radius 1 is 1.19 bits per heavy atom. The molecule has 8 heteroatoms. The zero-order valence-corrected chi connectivity index (χ0v) is 15.1. The van der Waals surface area contributed by atoms with Crippen LogP contribution < -0.4 is 16.2 Å². The molecule has 0 spiro atoms. The number of benzene rings is 1. The summed E-state index contributed by atoms with van der Waals surface area (Å²) in [5.74, 6) is 6.20. The average molecular weight is 366 g/mol. The number of likely N-dealkylation sites (N-methyl/N-ethyl adjacent to an activating group) is 1. The lowest BCUT2D eigenvalue weighted by Gasteiger charge is -2.33. The summed E-state index contributed by atoms with van der Waals surface area (Å²) in [6.45, 7) is 3.12. The molecule has 27 heavy (non-hydrogen) atoms. The van der Waals surface area contributed by atoms with Crippen molar-refractivity contribution in [3.8, 4) is 0 Å². The Morgan fingerprint density at radius 3 is 2.74 bits per heavy atom. The summed E-state index contributed by atoms with van der Waals surface area (Å²) < 4.78 is 0. The van der Waals surface area contributed by atoms with Crippen molar-refractivity contribution in [2.45, 2.75) is 6.04 Å². The second-order valence-corrected chi connectivity index (χ2v) is 6.88. The normalized spacial score (nSPS) is 20.2. The van der Waals surface area contributed by atoms with E-state index in [9.17, 15) is 9.59 Å². The van der Waals surface area contributed by atoms with Gasteiger partial charge in [-0.25, -0.2) is 15.8 Å². The molecular weight excluding hydrogens is 344 g/mol. The molecule has 1 aromatic heterocycles. The Morgan fingerprint density at radius 2 is 1.96 bits per heavy atom. The smallest absolute Gasteiger partial charge is 0.268 e. The number of hydrogen-bond donors (Lipinski definition) is 2. The van der Waals surface area contributed by atoms with Crippen molar-refractivity contribution < 1.29 is 9.59 Å². The quantitative estimate of drug-likeness (QED) is 0.604. The van der Waals surface area contributed by atoms with E-state index >= 15 is 0 Å². The lowest BCUT2D eigenvalue weighted by atomic mass is 10.0. The number of amides is 2. The first-order chi connectivity index (χ1) is 13.0. The lowest BCUT2D eigenvalue weighted by Crippen LogP contribution is -2.47. The molecule has 2 aliphatic rings. The number of nitrogens with two attached hydrogens (primary N) is 1. The monoisotopic (exact) mass is 366 g/mol. The molecule has 1 atom stereocenters. The number of carbonyl (C=O) groups is 2. The van der Waals surface area contributed by atoms with E-state index in [2.05, 4.69) is 15.2 Å². The Bertz CT molecular complexity index is 878. The largest absolute Gasteiger partial charge is 0.353 e. The SMILES string of the molecule is CN1CCN(C(=O)c2cccc(C3Nc4ncccc4N(N)C3=O)c2)CC1. The van der Waals surface area contributed by atoms with Gasteiger partial charge in [-0.1, -0.05) is 12.1 Å². The zero-order valence-electron chi connectivity index (χ0n) is 15.1. The Kier molecular flexibility index (Phi) is 4.51. The van der Waals surface area contributed by atoms with Gasteiger partial charge in [0.05, 0.1) is 0 Å². The average Bonchev–Trinajstić information content (AvgIpc) is 2.71. The number of hydrogen-bond acceptors (Lipinski definition) is 6. The van der Waals surface area contributed by atoms with Crippen LogP contribution in [0.1, 0.15) is 22.0 Å². The molecule has 0 aliphatic carbocycles. The third-order valence-electron chi connectivity index (χ3n) is 5.07. The highest BCUT2D eigenvalue weighted by Gasteiger charge is 2.33. The molecular formula is C19H22N6O2. The van der Waals surface area contributed by atoms with Crippen LogP contribution in [0, 0.1) is 0 Å². The first kappa shape index (κ1) is 17.4. The van der Waals surface area contributed by atoms with Crippen LogP contribution in [0.25, 0.3) is 0 Å². The van der Waals surface area contributed by atoms with Crippen molar-refractivity contribution in [3.63, 3.8) is 0 Å². The molecule has 2 amide bonds. The number of pyridine rings is 1. The van der Waals surface area contributed by atoms with Crippen LogP contribution in [0.5, 0.6) is 0 Å². The summed E-state index contributed by atoms with van der Waals surface area (Å²) in [7, 11) is 2.05. The first-order valence-electron chi connectivity index (χ1n) is 8.92. The van der Waals surface area contributed by atoms with Crippen LogP contribution in [0.15, 0.2) is 42.6 Å². The van der Waals surface area contributed by atoms with Crippen molar-refractivity contribution in [1.29, 1.82) is 0 Å².